The van der Waals surface area contributed by atoms with Crippen LogP contribution in [-0.2, 0) is 0 Å². The van der Waals surface area contributed by atoms with Gasteiger partial charge in [-0.3, -0.25) is 4.79 Å². The zero-order valence-corrected chi connectivity index (χ0v) is 14.6. The molecule has 1 amide bonds. The van der Waals surface area contributed by atoms with Crippen molar-refractivity contribution in [3.8, 4) is 0 Å². The second kappa shape index (κ2) is 6.79. The molecule has 0 aliphatic heterocycles. The molecule has 1 N–H and O–H groups in total. The third-order valence-electron chi connectivity index (χ3n) is 4.57. The van der Waals surface area contributed by atoms with Crippen molar-refractivity contribution in [1.82, 2.24) is 9.97 Å². The number of aromatic amines is 1. The van der Waals surface area contributed by atoms with E-state index in [4.69, 9.17) is 0 Å². The maximum atomic E-state index is 13.1. The summed E-state index contributed by atoms with van der Waals surface area (Å²) in [4.78, 5) is 21.3. The van der Waals surface area contributed by atoms with Crippen LogP contribution in [0.2, 0.25) is 0 Å². The van der Waals surface area contributed by atoms with E-state index in [9.17, 15) is 13.6 Å². The fourth-order valence-electron chi connectivity index (χ4n) is 3.29. The van der Waals surface area contributed by atoms with Gasteiger partial charge in [-0.25, -0.2) is 13.8 Å². The number of hydrogen-bond acceptors (Lipinski definition) is 2. The predicted molar refractivity (Wildman–Crippen MR) is 102 cm³/mol. The zero-order valence-electron chi connectivity index (χ0n) is 14.6. The number of H-pyrrole nitrogens is 1. The van der Waals surface area contributed by atoms with Crippen molar-refractivity contribution in [2.24, 2.45) is 0 Å². The number of nitrogens with zero attached hydrogens (tertiary/aromatic N) is 2. The van der Waals surface area contributed by atoms with E-state index in [1.165, 1.54) is 0 Å². The number of hydrogen-bond donors (Lipinski definition) is 1. The monoisotopic (exact) mass is 365 g/mol. The first kappa shape index (κ1) is 17.1. The van der Waals surface area contributed by atoms with Crippen LogP contribution in [0.1, 0.15) is 29.5 Å². The molecule has 0 unspecified atom stereocenters. The number of nitrogens with one attached hydrogen (secondary N) is 1. The van der Waals surface area contributed by atoms with E-state index in [0.29, 0.717) is 23.1 Å². The van der Waals surface area contributed by atoms with Crippen LogP contribution < -0.4 is 4.90 Å². The lowest BCUT2D eigenvalue weighted by atomic mass is 10.1. The number of aromatic nitrogens is 2. The molecule has 27 heavy (non-hydrogen) atoms. The van der Waals surface area contributed by atoms with Gasteiger partial charge < -0.3 is 9.88 Å². The summed E-state index contributed by atoms with van der Waals surface area (Å²) in [6, 6.07) is 18.5. The zero-order chi connectivity index (χ0) is 19.0. The first-order valence-electron chi connectivity index (χ1n) is 8.66. The second-order valence-corrected chi connectivity index (χ2v) is 6.20. The largest absolute Gasteiger partial charge is 0.337 e. The van der Waals surface area contributed by atoms with Gasteiger partial charge >= 0.3 is 0 Å². The van der Waals surface area contributed by atoms with Crippen molar-refractivity contribution < 1.29 is 13.6 Å². The molecule has 0 saturated heterocycles. The summed E-state index contributed by atoms with van der Waals surface area (Å²) in [5, 5.41) is 2.03. The Morgan fingerprint density at radius 3 is 2.67 bits per heavy atom. The molecule has 0 aliphatic rings. The Morgan fingerprint density at radius 2 is 1.89 bits per heavy atom. The van der Waals surface area contributed by atoms with Crippen molar-refractivity contribution in [3.63, 3.8) is 0 Å². The smallest absolute Gasteiger partial charge is 0.295 e. The Hall–Kier alpha value is -3.28. The molecule has 4 nitrogen and oxygen atoms in total. The first-order valence-corrected chi connectivity index (χ1v) is 8.66. The second-order valence-electron chi connectivity index (χ2n) is 6.20. The van der Waals surface area contributed by atoms with Crippen LogP contribution in [-0.4, -0.2) is 22.4 Å². The Labute approximate surface area is 154 Å². The van der Waals surface area contributed by atoms with Gasteiger partial charge in [-0.15, -0.1) is 0 Å². The molecule has 1 aromatic heterocycles. The highest BCUT2D eigenvalue weighted by Crippen LogP contribution is 2.28. The van der Waals surface area contributed by atoms with Gasteiger partial charge in [0.25, 0.3) is 12.3 Å². The minimum absolute atomic E-state index is 0.191. The molecule has 0 aliphatic carbocycles. The van der Waals surface area contributed by atoms with E-state index < -0.39 is 12.2 Å². The van der Waals surface area contributed by atoms with Crippen molar-refractivity contribution in [3.05, 3.63) is 72.1 Å². The summed E-state index contributed by atoms with van der Waals surface area (Å²) in [5.74, 6) is -0.583. The van der Waals surface area contributed by atoms with Gasteiger partial charge in [0.1, 0.15) is 0 Å². The van der Waals surface area contributed by atoms with Crippen molar-refractivity contribution in [1.29, 1.82) is 0 Å². The average molecular weight is 365 g/mol. The summed E-state index contributed by atoms with van der Waals surface area (Å²) in [7, 11) is 0. The van der Waals surface area contributed by atoms with Gasteiger partial charge in [0.2, 0.25) is 0 Å². The number of carbonyl (C=O) groups excluding carboxylic acids is 1. The average Bonchev–Trinajstić information content (AvgIpc) is 3.12. The fourth-order valence-corrected chi connectivity index (χ4v) is 3.29. The topological polar surface area (TPSA) is 49.0 Å². The summed E-state index contributed by atoms with van der Waals surface area (Å²) in [5.41, 5.74) is 2.07. The lowest BCUT2D eigenvalue weighted by Crippen LogP contribution is -2.30. The van der Waals surface area contributed by atoms with Gasteiger partial charge in [-0.05, 0) is 36.6 Å². The Bertz CT molecular complexity index is 1130. The van der Waals surface area contributed by atoms with Crippen LogP contribution in [0.4, 0.5) is 14.5 Å². The Balaban J connectivity index is 1.76. The molecule has 136 valence electrons. The van der Waals surface area contributed by atoms with Gasteiger partial charge in [0, 0.05) is 17.5 Å². The molecule has 0 spiro atoms. The number of alkyl halides is 2. The van der Waals surface area contributed by atoms with Crippen molar-refractivity contribution >= 4 is 33.4 Å². The summed E-state index contributed by atoms with van der Waals surface area (Å²) < 4.78 is 25.7. The van der Waals surface area contributed by atoms with Crippen LogP contribution in [0.15, 0.2) is 60.7 Å². The van der Waals surface area contributed by atoms with Crippen LogP contribution in [0.3, 0.4) is 0 Å². The lowest BCUT2D eigenvalue weighted by Gasteiger charge is -2.23. The highest BCUT2D eigenvalue weighted by Gasteiger charge is 2.20. The standard InChI is InChI=1S/C21H17F2N3O/c1-2-26(18-9-5-7-13-6-3-4-8-15(13)18)21(27)14-10-11-16-17(12-14)25-20(24-16)19(22)23/h3-12,19H,2H2,1H3,(H,24,25). The van der Waals surface area contributed by atoms with Gasteiger partial charge in [-0.1, -0.05) is 36.4 Å². The first-order chi connectivity index (χ1) is 13.1. The third-order valence-corrected chi connectivity index (χ3v) is 4.57. The predicted octanol–water partition coefficient (Wildman–Crippen LogP) is 5.32. The van der Waals surface area contributed by atoms with E-state index in [1.54, 1.807) is 23.1 Å². The molecule has 4 rings (SSSR count). The highest BCUT2D eigenvalue weighted by atomic mass is 19.3. The molecule has 6 heteroatoms. The summed E-state index contributed by atoms with van der Waals surface area (Å²) >= 11 is 0. The Kier molecular flexibility index (Phi) is 4.32. The number of amides is 1. The third kappa shape index (κ3) is 3.03. The Morgan fingerprint density at radius 1 is 1.11 bits per heavy atom. The normalized spacial score (nSPS) is 11.4. The number of anilines is 1. The van der Waals surface area contributed by atoms with Crippen LogP contribution in [0, 0.1) is 0 Å². The van der Waals surface area contributed by atoms with Crippen LogP contribution >= 0.6 is 0 Å². The number of imidazole rings is 1. The maximum absolute atomic E-state index is 13.1. The fraction of sp³-hybridized carbons (Fsp3) is 0.143. The van der Waals surface area contributed by atoms with E-state index in [0.717, 1.165) is 16.5 Å². The molecule has 0 bridgehead atoms. The van der Waals surface area contributed by atoms with Crippen LogP contribution in [0.5, 0.6) is 0 Å². The SMILES string of the molecule is CCN(C(=O)c1ccc2nc(C(F)F)[nH]c2c1)c1cccc2ccccc12. The highest BCUT2D eigenvalue weighted by molar-refractivity contribution is 6.11. The number of benzene rings is 3. The molecule has 4 aromatic rings. The summed E-state index contributed by atoms with van der Waals surface area (Å²) in [6.07, 6.45) is -2.68. The molecule has 0 saturated carbocycles. The molecule has 0 atom stereocenters. The number of rotatable bonds is 4. The number of halogens is 2. The molecule has 3 aromatic carbocycles. The van der Waals surface area contributed by atoms with Gasteiger partial charge in [0.05, 0.1) is 16.7 Å². The molecular weight excluding hydrogens is 348 g/mol. The minimum Gasteiger partial charge on any atom is -0.337 e. The number of fused-ring (bicyclic) bond motifs is 2. The van der Waals surface area contributed by atoms with Crippen molar-refractivity contribution in [2.45, 2.75) is 13.3 Å². The maximum Gasteiger partial charge on any atom is 0.295 e. The molecular formula is C21H17F2N3O. The quantitative estimate of drug-likeness (QED) is 0.532. The number of carbonyl (C=O) groups is 1. The molecule has 0 fully saturated rings. The summed E-state index contributed by atoms with van der Waals surface area (Å²) in [6.45, 7) is 2.39. The van der Waals surface area contributed by atoms with E-state index in [2.05, 4.69) is 9.97 Å². The minimum atomic E-state index is -2.68. The molecule has 1 heterocycles. The van der Waals surface area contributed by atoms with E-state index in [-0.39, 0.29) is 5.91 Å². The van der Waals surface area contributed by atoms with Gasteiger partial charge in [-0.2, -0.15) is 0 Å². The van der Waals surface area contributed by atoms with E-state index in [1.807, 2.05) is 49.4 Å². The lowest BCUT2D eigenvalue weighted by molar-refractivity contribution is 0.0988. The van der Waals surface area contributed by atoms with Gasteiger partial charge in [0.15, 0.2) is 5.82 Å². The van der Waals surface area contributed by atoms with Crippen LogP contribution in [0.25, 0.3) is 21.8 Å². The van der Waals surface area contributed by atoms with Crippen molar-refractivity contribution in [2.75, 3.05) is 11.4 Å². The molecule has 0 radical (unpaired) electrons. The van der Waals surface area contributed by atoms with E-state index >= 15 is 0 Å².